The predicted octanol–water partition coefficient (Wildman–Crippen LogP) is 0.434. The Hall–Kier alpha value is -0.170. The van der Waals surface area contributed by atoms with Crippen LogP contribution in [0.4, 0.5) is 0 Å². The first kappa shape index (κ1) is 13.9. The van der Waals surface area contributed by atoms with Gasteiger partial charge < -0.3 is 5.73 Å². The molecule has 0 amide bonds. The van der Waals surface area contributed by atoms with Gasteiger partial charge in [0.15, 0.2) is 0 Å². The minimum Gasteiger partial charge on any atom is -0.324 e. The van der Waals surface area contributed by atoms with Gasteiger partial charge in [0.05, 0.1) is 0 Å². The molecule has 0 heterocycles. The van der Waals surface area contributed by atoms with Crippen LogP contribution < -0.4 is 10.5 Å². The Morgan fingerprint density at radius 1 is 1.19 bits per heavy atom. The van der Waals surface area contributed by atoms with Gasteiger partial charge in [0.1, 0.15) is 0 Å². The van der Waals surface area contributed by atoms with E-state index in [-0.39, 0.29) is 5.54 Å². The Labute approximate surface area is 98.6 Å². The zero-order chi connectivity index (χ0) is 12.2. The second-order valence-corrected chi connectivity index (χ2v) is 6.85. The van der Waals surface area contributed by atoms with E-state index in [1.165, 1.54) is 31.2 Å². The molecule has 0 aromatic carbocycles. The van der Waals surface area contributed by atoms with Gasteiger partial charge in [0, 0.05) is 26.2 Å². The smallest absolute Gasteiger partial charge is 0.278 e. The summed E-state index contributed by atoms with van der Waals surface area (Å²) in [4.78, 5) is 0. The highest BCUT2D eigenvalue weighted by molar-refractivity contribution is 7.87. The van der Waals surface area contributed by atoms with E-state index >= 15 is 0 Å². The summed E-state index contributed by atoms with van der Waals surface area (Å²) in [5, 5.41) is 0. The molecule has 1 aliphatic rings. The molecule has 1 saturated carbocycles. The zero-order valence-corrected chi connectivity index (χ0v) is 11.0. The lowest BCUT2D eigenvalue weighted by atomic mass is 9.92. The van der Waals surface area contributed by atoms with Gasteiger partial charge in [-0.05, 0) is 12.8 Å². The molecule has 6 heteroatoms. The maximum absolute atomic E-state index is 11.6. The molecule has 0 saturated heterocycles. The zero-order valence-electron chi connectivity index (χ0n) is 10.2. The number of hydrogen-bond donors (Lipinski definition) is 2. The van der Waals surface area contributed by atoms with Crippen molar-refractivity contribution in [2.75, 3.05) is 20.6 Å². The summed E-state index contributed by atoms with van der Waals surface area (Å²) < 4.78 is 26.9. The Morgan fingerprint density at radius 2 is 1.69 bits per heavy atom. The molecule has 96 valence electrons. The van der Waals surface area contributed by atoms with E-state index in [9.17, 15) is 8.42 Å². The monoisotopic (exact) mass is 249 g/mol. The van der Waals surface area contributed by atoms with E-state index in [0.29, 0.717) is 6.54 Å². The van der Waals surface area contributed by atoms with E-state index in [4.69, 9.17) is 5.73 Å². The first-order valence-electron chi connectivity index (χ1n) is 5.82. The third kappa shape index (κ3) is 4.01. The van der Waals surface area contributed by atoms with E-state index < -0.39 is 10.2 Å². The lowest BCUT2D eigenvalue weighted by Crippen LogP contribution is -2.51. The van der Waals surface area contributed by atoms with Gasteiger partial charge in [-0.1, -0.05) is 25.7 Å². The van der Waals surface area contributed by atoms with Gasteiger partial charge in [0.2, 0.25) is 0 Å². The van der Waals surface area contributed by atoms with Gasteiger partial charge in [-0.25, -0.2) is 4.72 Å². The SMILES string of the molecule is CN(C)S(=O)(=O)NCC1(N)CCCCCC1. The van der Waals surface area contributed by atoms with Crippen LogP contribution in [-0.4, -0.2) is 38.9 Å². The number of nitrogens with zero attached hydrogens (tertiary/aromatic N) is 1. The Kier molecular flexibility index (Phi) is 4.73. The molecule has 0 aromatic heterocycles. The summed E-state index contributed by atoms with van der Waals surface area (Å²) in [7, 11) is -0.319. The van der Waals surface area contributed by atoms with E-state index in [2.05, 4.69) is 4.72 Å². The van der Waals surface area contributed by atoms with Crippen molar-refractivity contribution in [1.29, 1.82) is 0 Å². The minimum atomic E-state index is -3.34. The van der Waals surface area contributed by atoms with E-state index in [1.807, 2.05) is 0 Å². The standard InChI is InChI=1S/C10H23N3O2S/c1-13(2)16(14,15)12-9-10(11)7-5-3-4-6-8-10/h12H,3-9,11H2,1-2H3. The minimum absolute atomic E-state index is 0.341. The molecule has 0 aromatic rings. The fraction of sp³-hybridized carbons (Fsp3) is 1.00. The largest absolute Gasteiger partial charge is 0.324 e. The summed E-state index contributed by atoms with van der Waals surface area (Å²) in [6.07, 6.45) is 6.42. The van der Waals surface area contributed by atoms with Crippen LogP contribution in [0.2, 0.25) is 0 Å². The fourth-order valence-electron chi connectivity index (χ4n) is 1.97. The lowest BCUT2D eigenvalue weighted by Gasteiger charge is -2.28. The molecule has 5 nitrogen and oxygen atoms in total. The Balaban J connectivity index is 2.52. The maximum Gasteiger partial charge on any atom is 0.278 e. The molecule has 1 rings (SSSR count). The lowest BCUT2D eigenvalue weighted by molar-refractivity contribution is 0.364. The Bertz CT molecular complexity index is 306. The topological polar surface area (TPSA) is 75.4 Å². The number of rotatable bonds is 4. The normalized spacial score (nSPS) is 22.0. The molecular formula is C10H23N3O2S. The van der Waals surface area contributed by atoms with Gasteiger partial charge in [0.25, 0.3) is 10.2 Å². The third-order valence-electron chi connectivity index (χ3n) is 3.19. The van der Waals surface area contributed by atoms with Crippen molar-refractivity contribution in [3.63, 3.8) is 0 Å². The van der Waals surface area contributed by atoms with Gasteiger partial charge in [-0.15, -0.1) is 0 Å². The maximum atomic E-state index is 11.6. The van der Waals surface area contributed by atoms with Crippen LogP contribution in [0.25, 0.3) is 0 Å². The van der Waals surface area contributed by atoms with Crippen molar-refractivity contribution in [3.8, 4) is 0 Å². The molecule has 0 radical (unpaired) electrons. The van der Waals surface area contributed by atoms with Crippen molar-refractivity contribution in [2.45, 2.75) is 44.1 Å². The molecule has 0 spiro atoms. The van der Waals surface area contributed by atoms with Crippen LogP contribution in [0.1, 0.15) is 38.5 Å². The second-order valence-electron chi connectivity index (χ2n) is 4.89. The van der Waals surface area contributed by atoms with Crippen LogP contribution in [0.5, 0.6) is 0 Å². The average Bonchev–Trinajstić information content (AvgIpc) is 2.41. The molecular weight excluding hydrogens is 226 g/mol. The number of hydrogen-bond acceptors (Lipinski definition) is 3. The van der Waals surface area contributed by atoms with Gasteiger partial charge in [-0.3, -0.25) is 0 Å². The summed E-state index contributed by atoms with van der Waals surface area (Å²) in [6.45, 7) is 0.341. The highest BCUT2D eigenvalue weighted by Gasteiger charge is 2.28. The highest BCUT2D eigenvalue weighted by Crippen LogP contribution is 2.24. The molecule has 0 aliphatic heterocycles. The number of nitrogens with two attached hydrogens (primary N) is 1. The van der Waals surface area contributed by atoms with Crippen LogP contribution in [-0.2, 0) is 10.2 Å². The quantitative estimate of drug-likeness (QED) is 0.710. The van der Waals surface area contributed by atoms with Crippen molar-refractivity contribution in [1.82, 2.24) is 9.03 Å². The molecule has 1 aliphatic carbocycles. The summed E-state index contributed by atoms with van der Waals surface area (Å²) in [5.41, 5.74) is 5.86. The molecule has 1 fully saturated rings. The highest BCUT2D eigenvalue weighted by atomic mass is 32.2. The van der Waals surface area contributed by atoms with E-state index in [1.54, 1.807) is 0 Å². The first-order valence-corrected chi connectivity index (χ1v) is 7.26. The van der Waals surface area contributed by atoms with Crippen LogP contribution in [0.15, 0.2) is 0 Å². The predicted molar refractivity (Wildman–Crippen MR) is 65.2 cm³/mol. The first-order chi connectivity index (χ1) is 7.36. The summed E-state index contributed by atoms with van der Waals surface area (Å²) in [5.74, 6) is 0. The summed E-state index contributed by atoms with van der Waals surface area (Å²) >= 11 is 0. The van der Waals surface area contributed by atoms with Crippen LogP contribution in [0, 0.1) is 0 Å². The van der Waals surface area contributed by atoms with Gasteiger partial charge in [-0.2, -0.15) is 12.7 Å². The fourth-order valence-corrected chi connectivity index (χ4v) is 2.70. The van der Waals surface area contributed by atoms with Crippen molar-refractivity contribution >= 4 is 10.2 Å². The molecule has 16 heavy (non-hydrogen) atoms. The van der Waals surface area contributed by atoms with Crippen molar-refractivity contribution < 1.29 is 8.42 Å². The van der Waals surface area contributed by atoms with Gasteiger partial charge >= 0.3 is 0 Å². The van der Waals surface area contributed by atoms with Crippen molar-refractivity contribution in [2.24, 2.45) is 5.73 Å². The van der Waals surface area contributed by atoms with E-state index in [0.717, 1.165) is 25.7 Å². The molecule has 0 bridgehead atoms. The van der Waals surface area contributed by atoms with Crippen molar-refractivity contribution in [3.05, 3.63) is 0 Å². The molecule has 0 atom stereocenters. The van der Waals surface area contributed by atoms with Crippen LogP contribution in [0.3, 0.4) is 0 Å². The second kappa shape index (κ2) is 5.44. The van der Waals surface area contributed by atoms with Crippen LogP contribution >= 0.6 is 0 Å². The summed E-state index contributed by atoms with van der Waals surface area (Å²) in [6, 6.07) is 0. The molecule has 0 unspecified atom stereocenters. The third-order valence-corrected chi connectivity index (χ3v) is 4.66. The average molecular weight is 249 g/mol. The molecule has 3 N–H and O–H groups in total. The Morgan fingerprint density at radius 3 is 2.12 bits per heavy atom. The number of nitrogens with one attached hydrogen (secondary N) is 1.